The Morgan fingerprint density at radius 3 is 2.65 bits per heavy atom. The summed E-state index contributed by atoms with van der Waals surface area (Å²) in [5.74, 6) is 2.74. The van der Waals surface area contributed by atoms with Crippen molar-refractivity contribution in [3.05, 3.63) is 35.7 Å². The van der Waals surface area contributed by atoms with Crippen molar-refractivity contribution in [1.82, 2.24) is 24.5 Å². The Morgan fingerprint density at radius 2 is 1.88 bits per heavy atom. The SMILES string of the molecule is CC1(C)CC2CCCN3CCC(=N3)SNC(=O)c3ccc(-n4ccc(CCCC5C(C)(C)C5(C)C)n4)nc3N1C2. The minimum Gasteiger partial charge on any atom is -0.350 e. The van der Waals surface area contributed by atoms with Crippen LogP contribution in [-0.4, -0.2) is 55.9 Å². The maximum Gasteiger partial charge on any atom is 0.265 e. The lowest BCUT2D eigenvalue weighted by molar-refractivity contribution is 0.0984. The van der Waals surface area contributed by atoms with E-state index in [0.29, 0.717) is 22.3 Å². The lowest BCUT2D eigenvalue weighted by atomic mass is 9.93. The smallest absolute Gasteiger partial charge is 0.265 e. The summed E-state index contributed by atoms with van der Waals surface area (Å²) in [5, 5.41) is 12.7. The van der Waals surface area contributed by atoms with Crippen LogP contribution in [-0.2, 0) is 6.42 Å². The molecular weight excluding hydrogens is 518 g/mol. The van der Waals surface area contributed by atoms with E-state index in [2.05, 4.69) is 62.2 Å². The molecule has 40 heavy (non-hydrogen) atoms. The molecule has 1 atom stereocenters. The van der Waals surface area contributed by atoms with Crippen LogP contribution in [0.3, 0.4) is 0 Å². The van der Waals surface area contributed by atoms with Crippen LogP contribution in [0.1, 0.15) is 96.1 Å². The number of amides is 1. The first-order valence-electron chi connectivity index (χ1n) is 15.1. The topological polar surface area (TPSA) is 78.6 Å². The van der Waals surface area contributed by atoms with Gasteiger partial charge in [-0.05, 0) is 93.2 Å². The zero-order valence-corrected chi connectivity index (χ0v) is 25.9. The Balaban J connectivity index is 1.23. The highest BCUT2D eigenvalue weighted by atomic mass is 32.2. The molecule has 216 valence electrons. The summed E-state index contributed by atoms with van der Waals surface area (Å²) in [5.41, 5.74) is 2.49. The quantitative estimate of drug-likeness (QED) is 0.445. The summed E-state index contributed by atoms with van der Waals surface area (Å²) in [6.45, 7) is 17.0. The van der Waals surface area contributed by atoms with Gasteiger partial charge in [-0.25, -0.2) is 9.67 Å². The molecule has 9 heteroatoms. The summed E-state index contributed by atoms with van der Waals surface area (Å²) in [6.07, 6.45) is 9.64. The number of aryl methyl sites for hydroxylation is 1. The number of carbonyl (C=O) groups excluding carboxylic acids is 1. The van der Waals surface area contributed by atoms with Gasteiger partial charge in [0, 0.05) is 49.7 Å². The van der Waals surface area contributed by atoms with Gasteiger partial charge in [-0.3, -0.25) is 14.5 Å². The number of hydrazone groups is 1. The molecule has 1 saturated heterocycles. The number of aromatic nitrogens is 3. The third kappa shape index (κ3) is 5.03. The molecule has 6 rings (SSSR count). The zero-order chi connectivity index (χ0) is 28.3. The number of anilines is 1. The predicted molar refractivity (Wildman–Crippen MR) is 163 cm³/mol. The Bertz CT molecular complexity index is 1300. The number of hydrogen-bond acceptors (Lipinski definition) is 7. The molecule has 1 aliphatic carbocycles. The van der Waals surface area contributed by atoms with E-state index < -0.39 is 0 Å². The minimum absolute atomic E-state index is 0.0866. The van der Waals surface area contributed by atoms with Gasteiger partial charge in [0.2, 0.25) is 0 Å². The standard InChI is InChI=1S/C31H45N7OS/c1-29(2)19-21-9-8-16-36-17-15-26(34-36)40-35-28(39)23-12-13-25(32-27(23)37(29)20-21)38-18-14-22(33-38)10-7-11-24-30(3,4)31(24,5)6/h12-14,18,21,24H,7-11,15-17,19-20H2,1-6H3,(H,35,39). The van der Waals surface area contributed by atoms with Gasteiger partial charge in [-0.2, -0.15) is 10.2 Å². The molecular formula is C31H45N7OS. The Morgan fingerprint density at radius 1 is 1.07 bits per heavy atom. The van der Waals surface area contributed by atoms with Gasteiger partial charge in [0.25, 0.3) is 5.91 Å². The third-order valence-electron chi connectivity index (χ3n) is 10.6. The summed E-state index contributed by atoms with van der Waals surface area (Å²) in [6, 6.07) is 5.96. The van der Waals surface area contributed by atoms with Crippen molar-refractivity contribution in [2.45, 2.75) is 92.0 Å². The summed E-state index contributed by atoms with van der Waals surface area (Å²) < 4.78 is 4.93. The van der Waals surface area contributed by atoms with E-state index in [1.165, 1.54) is 18.4 Å². The molecule has 1 N–H and O–H groups in total. The van der Waals surface area contributed by atoms with E-state index in [1.807, 2.05) is 23.0 Å². The van der Waals surface area contributed by atoms with Crippen molar-refractivity contribution in [2.24, 2.45) is 27.8 Å². The van der Waals surface area contributed by atoms with Crippen LogP contribution in [0.2, 0.25) is 0 Å². The molecule has 1 saturated carbocycles. The molecule has 0 spiro atoms. The van der Waals surface area contributed by atoms with Crippen molar-refractivity contribution in [3.8, 4) is 5.82 Å². The summed E-state index contributed by atoms with van der Waals surface area (Å²) >= 11 is 1.34. The fraction of sp³-hybridized carbons (Fsp3) is 0.677. The number of rotatable bonds is 5. The van der Waals surface area contributed by atoms with Crippen LogP contribution in [0.15, 0.2) is 29.5 Å². The molecule has 5 heterocycles. The van der Waals surface area contributed by atoms with E-state index >= 15 is 0 Å². The zero-order valence-electron chi connectivity index (χ0n) is 25.0. The first-order valence-corrected chi connectivity index (χ1v) is 15.9. The largest absolute Gasteiger partial charge is 0.350 e. The first kappa shape index (κ1) is 27.6. The molecule has 3 aliphatic heterocycles. The number of nitrogens with zero attached hydrogens (tertiary/aromatic N) is 6. The average molecular weight is 564 g/mol. The van der Waals surface area contributed by atoms with Crippen LogP contribution in [0.25, 0.3) is 5.82 Å². The highest BCUT2D eigenvalue weighted by Crippen LogP contribution is 2.70. The molecule has 2 aromatic heterocycles. The number of pyridine rings is 1. The highest BCUT2D eigenvalue weighted by Gasteiger charge is 2.63. The summed E-state index contributed by atoms with van der Waals surface area (Å²) in [4.78, 5) is 20.9. The second-order valence-corrected chi connectivity index (χ2v) is 14.9. The van der Waals surface area contributed by atoms with Crippen LogP contribution >= 0.6 is 11.9 Å². The Labute approximate surface area is 243 Å². The number of carbonyl (C=O) groups is 1. The number of nitrogens with one attached hydrogen (secondary N) is 1. The van der Waals surface area contributed by atoms with Gasteiger partial charge >= 0.3 is 0 Å². The van der Waals surface area contributed by atoms with E-state index in [9.17, 15) is 4.79 Å². The second kappa shape index (κ2) is 10.1. The van der Waals surface area contributed by atoms with Gasteiger partial charge in [0.15, 0.2) is 5.82 Å². The van der Waals surface area contributed by atoms with Crippen LogP contribution in [0, 0.1) is 22.7 Å². The molecule has 1 unspecified atom stereocenters. The third-order valence-corrected chi connectivity index (χ3v) is 11.4. The van der Waals surface area contributed by atoms with E-state index in [-0.39, 0.29) is 11.4 Å². The minimum atomic E-state index is -0.122. The lowest BCUT2D eigenvalue weighted by Crippen LogP contribution is -2.40. The van der Waals surface area contributed by atoms with Crippen LogP contribution in [0.5, 0.6) is 0 Å². The Hall–Kier alpha value is -2.55. The second-order valence-electron chi connectivity index (χ2n) is 14.0. The molecule has 4 bridgehead atoms. The van der Waals surface area contributed by atoms with E-state index in [0.717, 1.165) is 86.5 Å². The highest BCUT2D eigenvalue weighted by molar-refractivity contribution is 8.12. The van der Waals surface area contributed by atoms with Gasteiger partial charge in [-0.15, -0.1) is 0 Å². The first-order chi connectivity index (χ1) is 19.0. The number of fused-ring (bicyclic) bond motifs is 5. The molecule has 1 amide bonds. The van der Waals surface area contributed by atoms with Gasteiger partial charge < -0.3 is 4.90 Å². The van der Waals surface area contributed by atoms with Crippen molar-refractivity contribution < 1.29 is 4.79 Å². The molecule has 4 aliphatic rings. The maximum absolute atomic E-state index is 13.5. The van der Waals surface area contributed by atoms with E-state index in [1.54, 1.807) is 0 Å². The lowest BCUT2D eigenvalue weighted by Gasteiger charge is -2.34. The predicted octanol–water partition coefficient (Wildman–Crippen LogP) is 6.07. The Kier molecular flexibility index (Phi) is 6.95. The average Bonchev–Trinajstić information content (AvgIpc) is 3.48. The molecule has 2 fully saturated rings. The van der Waals surface area contributed by atoms with Crippen molar-refractivity contribution in [3.63, 3.8) is 0 Å². The summed E-state index contributed by atoms with van der Waals surface area (Å²) in [7, 11) is 0. The molecule has 0 radical (unpaired) electrons. The van der Waals surface area contributed by atoms with Crippen molar-refractivity contribution >= 4 is 28.7 Å². The molecule has 2 aromatic rings. The van der Waals surface area contributed by atoms with Crippen molar-refractivity contribution in [2.75, 3.05) is 24.5 Å². The monoisotopic (exact) mass is 563 g/mol. The maximum atomic E-state index is 13.5. The fourth-order valence-corrected chi connectivity index (χ4v) is 8.18. The van der Waals surface area contributed by atoms with Gasteiger partial charge in [0.05, 0.1) is 11.3 Å². The van der Waals surface area contributed by atoms with Crippen LogP contribution < -0.4 is 9.62 Å². The normalized spacial score (nSPS) is 25.3. The van der Waals surface area contributed by atoms with Gasteiger partial charge in [-0.1, -0.05) is 27.7 Å². The van der Waals surface area contributed by atoms with Crippen LogP contribution in [0.4, 0.5) is 5.82 Å². The van der Waals surface area contributed by atoms with Crippen molar-refractivity contribution in [1.29, 1.82) is 0 Å². The number of hydrogen-bond donors (Lipinski definition) is 1. The molecule has 8 nitrogen and oxygen atoms in total. The van der Waals surface area contributed by atoms with E-state index in [4.69, 9.17) is 15.2 Å². The van der Waals surface area contributed by atoms with Gasteiger partial charge in [0.1, 0.15) is 10.9 Å². The fourth-order valence-electron chi connectivity index (χ4n) is 7.51. The molecule has 0 aromatic carbocycles.